The summed E-state index contributed by atoms with van der Waals surface area (Å²) in [6.45, 7) is 2.08. The zero-order valence-corrected chi connectivity index (χ0v) is 10.9. The quantitative estimate of drug-likeness (QED) is 0.790. The lowest BCUT2D eigenvalue weighted by Crippen LogP contribution is -1.92. The van der Waals surface area contributed by atoms with Gasteiger partial charge in [-0.15, -0.1) is 0 Å². The van der Waals surface area contributed by atoms with Crippen LogP contribution in [0.5, 0.6) is 5.19 Å². The smallest absolute Gasteiger partial charge is 0.279 e. The van der Waals surface area contributed by atoms with Crippen LogP contribution in [0, 0.1) is 0 Å². The van der Waals surface area contributed by atoms with Gasteiger partial charge in [-0.3, -0.25) is 0 Å². The van der Waals surface area contributed by atoms with Crippen molar-refractivity contribution >= 4 is 21.6 Å². The average Bonchev–Trinajstić information content (AvgIpc) is 2.66. The first kappa shape index (κ1) is 11.2. The predicted octanol–water partition coefficient (Wildman–Crippen LogP) is 4.47. The number of aromatic nitrogens is 1. The summed E-state index contributed by atoms with van der Waals surface area (Å²) in [6, 6.07) is 8.07. The summed E-state index contributed by atoms with van der Waals surface area (Å²) in [4.78, 5) is 4.47. The number of para-hydroxylation sites is 1. The van der Waals surface area contributed by atoms with Gasteiger partial charge in [-0.1, -0.05) is 47.3 Å². The van der Waals surface area contributed by atoms with Crippen molar-refractivity contribution < 1.29 is 4.74 Å². The lowest BCUT2D eigenvalue weighted by molar-refractivity contribution is 0.414. The lowest BCUT2D eigenvalue weighted by atomic mass is 10.3. The summed E-state index contributed by atoms with van der Waals surface area (Å²) in [7, 11) is 0. The maximum atomic E-state index is 5.84. The highest BCUT2D eigenvalue weighted by Crippen LogP contribution is 2.29. The largest absolute Gasteiger partial charge is 0.435 e. The molecule has 0 N–H and O–H groups in total. The highest BCUT2D eigenvalue weighted by molar-refractivity contribution is 7.20. The van der Waals surface area contributed by atoms with Gasteiger partial charge in [-0.25, -0.2) is 4.98 Å². The maximum Gasteiger partial charge on any atom is 0.279 e. The van der Waals surface area contributed by atoms with Crippen molar-refractivity contribution in [3.05, 3.63) is 59.9 Å². The summed E-state index contributed by atoms with van der Waals surface area (Å²) in [6.07, 6.45) is 9.10. The summed E-state index contributed by atoms with van der Waals surface area (Å²) >= 11 is 1.58. The number of thiazole rings is 1. The van der Waals surface area contributed by atoms with Gasteiger partial charge in [-0.2, -0.15) is 0 Å². The molecule has 0 saturated heterocycles. The van der Waals surface area contributed by atoms with E-state index >= 15 is 0 Å². The molecule has 0 spiro atoms. The fourth-order valence-electron chi connectivity index (χ4n) is 1.79. The molecule has 18 heavy (non-hydrogen) atoms. The minimum Gasteiger partial charge on any atom is -0.435 e. The Kier molecular flexibility index (Phi) is 2.99. The molecule has 3 heteroatoms. The van der Waals surface area contributed by atoms with E-state index in [0.29, 0.717) is 5.19 Å². The number of allylic oxidation sites excluding steroid dienone is 5. The number of benzene rings is 1. The number of nitrogens with zero attached hydrogens (tertiary/aromatic N) is 1. The Morgan fingerprint density at radius 2 is 2.11 bits per heavy atom. The first-order chi connectivity index (χ1) is 8.81. The molecule has 0 bridgehead atoms. The Morgan fingerprint density at radius 3 is 3.00 bits per heavy atom. The van der Waals surface area contributed by atoms with Crippen molar-refractivity contribution in [2.45, 2.75) is 13.3 Å². The Morgan fingerprint density at radius 1 is 1.22 bits per heavy atom. The molecule has 1 aliphatic rings. The Hall–Kier alpha value is -1.87. The predicted molar refractivity (Wildman–Crippen MR) is 75.8 cm³/mol. The van der Waals surface area contributed by atoms with E-state index in [2.05, 4.69) is 36.2 Å². The van der Waals surface area contributed by atoms with Gasteiger partial charge in [0, 0.05) is 6.42 Å². The van der Waals surface area contributed by atoms with Crippen LogP contribution in [-0.2, 0) is 0 Å². The van der Waals surface area contributed by atoms with Crippen LogP contribution >= 0.6 is 11.3 Å². The number of hydrogen-bond donors (Lipinski definition) is 0. The molecule has 0 unspecified atom stereocenters. The number of rotatable bonds is 2. The summed E-state index contributed by atoms with van der Waals surface area (Å²) in [5.74, 6) is 0.933. The standard InChI is InChI=1S/C15H13NOS/c1-11-5-4-6-12(10-9-11)17-15-16-13-7-2-3-8-14(13)18-15/h2-5,7-10H,6H2,1H3. The zero-order chi connectivity index (χ0) is 12.4. The molecule has 0 fully saturated rings. The van der Waals surface area contributed by atoms with E-state index in [1.807, 2.05) is 24.3 Å². The first-order valence-corrected chi connectivity index (χ1v) is 6.70. The van der Waals surface area contributed by atoms with Crippen molar-refractivity contribution in [2.24, 2.45) is 0 Å². The van der Waals surface area contributed by atoms with Crippen LogP contribution in [0.3, 0.4) is 0 Å². The van der Waals surface area contributed by atoms with Gasteiger partial charge in [0.2, 0.25) is 0 Å². The van der Waals surface area contributed by atoms with Crippen molar-refractivity contribution in [2.75, 3.05) is 0 Å². The molecule has 2 nitrogen and oxygen atoms in total. The molecule has 2 aromatic rings. The average molecular weight is 255 g/mol. The van der Waals surface area contributed by atoms with Crippen LogP contribution in [0.1, 0.15) is 13.3 Å². The third-order valence-electron chi connectivity index (χ3n) is 2.72. The topological polar surface area (TPSA) is 22.1 Å². The lowest BCUT2D eigenvalue weighted by Gasteiger charge is -2.02. The molecule has 1 aromatic carbocycles. The minimum absolute atomic E-state index is 0.712. The monoisotopic (exact) mass is 255 g/mol. The van der Waals surface area contributed by atoms with E-state index in [1.165, 1.54) is 5.57 Å². The van der Waals surface area contributed by atoms with E-state index in [1.54, 1.807) is 11.3 Å². The zero-order valence-electron chi connectivity index (χ0n) is 10.1. The third kappa shape index (κ3) is 2.36. The fraction of sp³-hybridized carbons (Fsp3) is 0.133. The van der Waals surface area contributed by atoms with Crippen LogP contribution in [0.2, 0.25) is 0 Å². The third-order valence-corrected chi connectivity index (χ3v) is 3.64. The second-order valence-electron chi connectivity index (χ2n) is 4.20. The highest BCUT2D eigenvalue weighted by Gasteiger charge is 2.06. The normalized spacial score (nSPS) is 15.2. The molecule has 90 valence electrons. The minimum atomic E-state index is 0.712. The second kappa shape index (κ2) is 4.78. The van der Waals surface area contributed by atoms with Gasteiger partial charge >= 0.3 is 0 Å². The molecular formula is C15H13NOS. The molecule has 3 rings (SSSR count). The van der Waals surface area contributed by atoms with E-state index in [9.17, 15) is 0 Å². The highest BCUT2D eigenvalue weighted by atomic mass is 32.1. The fourth-order valence-corrected chi connectivity index (χ4v) is 2.64. The van der Waals surface area contributed by atoms with Crippen LogP contribution in [0.25, 0.3) is 10.2 Å². The second-order valence-corrected chi connectivity index (χ2v) is 5.19. The summed E-state index contributed by atoms with van der Waals surface area (Å²) in [5, 5.41) is 0.712. The van der Waals surface area contributed by atoms with E-state index in [-0.39, 0.29) is 0 Å². The Bertz CT molecular complexity index is 631. The van der Waals surface area contributed by atoms with Crippen molar-refractivity contribution in [3.63, 3.8) is 0 Å². The molecule has 0 atom stereocenters. The SMILES string of the molecule is CC1=CC=C(Oc2nc3ccccc3s2)CC=C1. The number of fused-ring (bicyclic) bond motifs is 1. The van der Waals surface area contributed by atoms with E-state index in [4.69, 9.17) is 4.74 Å². The molecule has 0 amide bonds. The summed E-state index contributed by atoms with van der Waals surface area (Å²) < 4.78 is 7.00. The molecule has 1 aliphatic carbocycles. The molecule has 1 heterocycles. The van der Waals surface area contributed by atoms with Crippen molar-refractivity contribution in [3.8, 4) is 5.19 Å². The van der Waals surface area contributed by atoms with E-state index < -0.39 is 0 Å². The van der Waals surface area contributed by atoms with Crippen LogP contribution < -0.4 is 4.74 Å². The molecule has 1 aromatic heterocycles. The van der Waals surface area contributed by atoms with Gasteiger partial charge in [0.25, 0.3) is 5.19 Å². The van der Waals surface area contributed by atoms with Gasteiger partial charge in [-0.05, 0) is 25.1 Å². The van der Waals surface area contributed by atoms with Crippen molar-refractivity contribution in [1.82, 2.24) is 4.98 Å². The van der Waals surface area contributed by atoms with Crippen LogP contribution in [0.15, 0.2) is 59.9 Å². The maximum absolute atomic E-state index is 5.84. The number of ether oxygens (including phenoxy) is 1. The molecule has 0 radical (unpaired) electrons. The summed E-state index contributed by atoms with van der Waals surface area (Å²) in [5.41, 5.74) is 2.23. The van der Waals surface area contributed by atoms with E-state index in [0.717, 1.165) is 22.4 Å². The number of hydrogen-bond acceptors (Lipinski definition) is 3. The molecule has 0 aliphatic heterocycles. The first-order valence-electron chi connectivity index (χ1n) is 5.89. The van der Waals surface area contributed by atoms with Gasteiger partial charge in [0.15, 0.2) is 0 Å². The Balaban J connectivity index is 1.86. The van der Waals surface area contributed by atoms with Gasteiger partial charge < -0.3 is 4.74 Å². The van der Waals surface area contributed by atoms with Gasteiger partial charge in [0.05, 0.1) is 10.2 Å². The molecule has 0 saturated carbocycles. The Labute approximate surface area is 110 Å². The van der Waals surface area contributed by atoms with Crippen molar-refractivity contribution in [1.29, 1.82) is 0 Å². The van der Waals surface area contributed by atoms with Crippen LogP contribution in [-0.4, -0.2) is 4.98 Å². The molecular weight excluding hydrogens is 242 g/mol. The van der Waals surface area contributed by atoms with Crippen LogP contribution in [0.4, 0.5) is 0 Å². The van der Waals surface area contributed by atoms with Gasteiger partial charge in [0.1, 0.15) is 5.76 Å².